The molecule has 0 aromatic heterocycles. The molecule has 0 aliphatic carbocycles. The Labute approximate surface area is 649 Å². The molecule has 0 aromatic carbocycles. The molecule has 0 unspecified atom stereocenters. The van der Waals surface area contributed by atoms with Crippen LogP contribution in [0.5, 0.6) is 0 Å². The number of methoxy groups -OCH3 is 2. The van der Waals surface area contributed by atoms with E-state index in [2.05, 4.69) is 140 Å². The van der Waals surface area contributed by atoms with Crippen molar-refractivity contribution in [3.05, 3.63) is 60.2 Å². The molecule has 10 bridgehead atoms. The van der Waals surface area contributed by atoms with Crippen LogP contribution in [0.25, 0.3) is 0 Å². The first kappa shape index (κ1) is 91.3. The molecule has 6 saturated heterocycles. The standard InChI is InChI=1S/C82H139ClO21Si3/c1-49(35-59(34-33-51(3)83)102-105(22,23)76(10,11)12)36-68-71(88)73-55(7)74(95-68)75(89)82(92-21)47-69(104-107(26,27)78(16,17)18)54(6)67(101-82)32-30-28-29-31-58-38-65(103-106(24,25)77(13,14)15)46-80(97-58)44-62(91-20)39-60(98-80)41-66(86)53(5)72(94-57(9)85)52(4)50(2)37-64-43-79(19,90)48-81(100-64)45-63(93-56(8)84)40-61(99-81)42-70(87)96-73/h29,31,33-34,52-55,58-65,67-69,71-75,88-90H,1-3,28,30,32,35-48H2,4-27H3/b31-29-,34-33+/t52-,53-,54+,55-,58+,59-,60+,61-,62+,63+,64+,65+,67-,68-,69+,71-,72+,73-,74-,75+,79+,80+,81-,82-/m1/s1. The monoisotopic (exact) mass is 1580 g/mol. The van der Waals surface area contributed by atoms with Crippen LogP contribution in [0, 0.1) is 23.7 Å². The summed E-state index contributed by atoms with van der Waals surface area (Å²) in [7, 11) is -4.14. The highest BCUT2D eigenvalue weighted by molar-refractivity contribution is 6.75. The molecule has 7 aliphatic heterocycles. The van der Waals surface area contributed by atoms with Crippen LogP contribution in [0.1, 0.15) is 220 Å². The molecule has 7 heterocycles. The largest absolute Gasteiger partial charge is 0.462 e. The fourth-order valence-corrected chi connectivity index (χ4v) is 20.5. The van der Waals surface area contributed by atoms with Crippen LogP contribution in [-0.4, -0.2) is 199 Å². The fourth-order valence-electron chi connectivity index (χ4n) is 16.3. The van der Waals surface area contributed by atoms with Crippen LogP contribution in [0.2, 0.25) is 54.4 Å². The van der Waals surface area contributed by atoms with Gasteiger partial charge in [0.15, 0.2) is 42.3 Å². The minimum absolute atomic E-state index is 0.000623. The average Bonchev–Trinajstić information content (AvgIpc) is 0.754. The lowest BCUT2D eigenvalue weighted by molar-refractivity contribution is -0.358. The molecule has 0 saturated carbocycles. The highest BCUT2D eigenvalue weighted by atomic mass is 35.5. The van der Waals surface area contributed by atoms with Crippen LogP contribution >= 0.6 is 11.6 Å². The molecule has 0 aromatic rings. The summed E-state index contributed by atoms with van der Waals surface area (Å²) in [6.07, 6.45) is -1.82. The van der Waals surface area contributed by atoms with E-state index in [0.717, 1.165) is 0 Å². The van der Waals surface area contributed by atoms with Crippen molar-refractivity contribution in [3.8, 4) is 0 Å². The molecular weight excluding hydrogens is 1440 g/mol. The summed E-state index contributed by atoms with van der Waals surface area (Å²) in [4.78, 5) is 56.1. The maximum absolute atomic E-state index is 15.1. The van der Waals surface area contributed by atoms with E-state index in [9.17, 15) is 29.7 Å². The van der Waals surface area contributed by atoms with Crippen LogP contribution in [-0.2, 0) is 84.6 Å². The van der Waals surface area contributed by atoms with E-state index in [-0.39, 0.29) is 90.4 Å². The number of carbonyl (C=O) groups is 4. The Morgan fingerprint density at radius 2 is 1.29 bits per heavy atom. The first-order valence-corrected chi connectivity index (χ1v) is 48.6. The smallest absolute Gasteiger partial charge is 0.308 e. The van der Waals surface area contributed by atoms with E-state index in [4.69, 9.17) is 77.0 Å². The van der Waals surface area contributed by atoms with E-state index >= 15 is 4.79 Å². The van der Waals surface area contributed by atoms with Crippen molar-refractivity contribution in [2.75, 3.05) is 14.2 Å². The summed E-state index contributed by atoms with van der Waals surface area (Å²) in [6.45, 7) is 57.6. The quantitative estimate of drug-likeness (QED) is 0.0426. The molecule has 0 amide bonds. The average molecular weight is 1580 g/mol. The van der Waals surface area contributed by atoms with Crippen molar-refractivity contribution in [2.45, 2.75) is 395 Å². The molecule has 2 spiro atoms. The van der Waals surface area contributed by atoms with Gasteiger partial charge in [-0.2, -0.15) is 0 Å². The molecule has 24 atom stereocenters. The summed E-state index contributed by atoms with van der Waals surface area (Å²) in [5.41, 5.74) is -0.219. The van der Waals surface area contributed by atoms with Gasteiger partial charge in [0, 0.05) is 115 Å². The van der Waals surface area contributed by atoms with Gasteiger partial charge in [0.2, 0.25) is 0 Å². The number of Topliss-reactive ketones (excluding diaryl/α,β-unsaturated/α-hetero) is 1. The first-order chi connectivity index (χ1) is 49.2. The van der Waals surface area contributed by atoms with Gasteiger partial charge in [-0.05, 0) is 106 Å². The van der Waals surface area contributed by atoms with E-state index in [0.29, 0.717) is 67.5 Å². The van der Waals surface area contributed by atoms with Crippen molar-refractivity contribution in [2.24, 2.45) is 23.7 Å². The minimum atomic E-state index is -2.54. The second-order valence-electron chi connectivity index (χ2n) is 37.7. The van der Waals surface area contributed by atoms with E-state index in [1.165, 1.54) is 21.0 Å². The Morgan fingerprint density at radius 3 is 1.89 bits per heavy atom. The second kappa shape index (κ2) is 35.9. The Balaban J connectivity index is 1.34. The maximum Gasteiger partial charge on any atom is 0.308 e. The maximum atomic E-state index is 15.1. The van der Waals surface area contributed by atoms with Gasteiger partial charge >= 0.3 is 17.9 Å². The van der Waals surface area contributed by atoms with Gasteiger partial charge in [0.25, 0.3) is 0 Å². The van der Waals surface area contributed by atoms with Gasteiger partial charge < -0.3 is 80.7 Å². The fraction of sp³-hybridized carbons (Fsp3) is 0.829. The van der Waals surface area contributed by atoms with Crippen LogP contribution < -0.4 is 0 Å². The van der Waals surface area contributed by atoms with Crippen molar-refractivity contribution < 1.29 is 99.9 Å². The first-order valence-electron chi connectivity index (χ1n) is 39.5. The highest BCUT2D eigenvalue weighted by Crippen LogP contribution is 2.51. The Hall–Kier alpha value is -2.84. The number of rotatable bonds is 16. The Bertz CT molecular complexity index is 3130. The summed E-state index contributed by atoms with van der Waals surface area (Å²) < 4.78 is 95.6. The van der Waals surface area contributed by atoms with Crippen molar-refractivity contribution in [3.63, 3.8) is 0 Å². The molecule has 0 radical (unpaired) electrons. The van der Waals surface area contributed by atoms with E-state index in [1.807, 2.05) is 13.0 Å². The molecule has 21 nitrogen and oxygen atoms in total. The molecule has 7 aliphatic rings. The predicted octanol–water partition coefficient (Wildman–Crippen LogP) is 15.7. The SMILES string of the molecule is C=C(Cl)/C=C/[C@H](CC(=C)C[C@H]1O[C@@H]2[C@H](C)[C@@H](OC(=O)C[C@H]3C[C@H](OC(C)=O)C[C@@]4(C[C@@](C)(O)C[C@H](CC(=C)[C@@H](C)[C@H](OC(C)=O)[C@H](C)C(=O)C[C@@H]5C[C@H](OC)C[C@@]6(C[C@@H](O[Si](C)(C)C(C)(C)C)C[C@H](/C=C\CCC[C@H]7O[C@](OC)(C[C@H](O[Si](C)(C)C(C)(C)C)[C@H]7C)[C@H]2O)O6)O5)O4)O3)[C@@H]1O)O[Si](C)(C)C(C)(C)C. The number of carbonyl (C=O) groups excluding carboxylic acids is 4. The number of fused-ring (bicyclic) bond motifs is 8. The Kier molecular flexibility index (Phi) is 30.7. The predicted molar refractivity (Wildman–Crippen MR) is 421 cm³/mol. The normalized spacial score (nSPS) is 38.8. The number of esters is 3. The third kappa shape index (κ3) is 23.7. The zero-order chi connectivity index (χ0) is 80.3. The summed E-state index contributed by atoms with van der Waals surface area (Å²) >= 11 is 6.33. The lowest BCUT2D eigenvalue weighted by Gasteiger charge is -2.54. The van der Waals surface area contributed by atoms with Crippen molar-refractivity contribution in [1.82, 2.24) is 0 Å². The number of aliphatic hydroxyl groups excluding tert-OH is 2. The van der Waals surface area contributed by atoms with Gasteiger partial charge in [-0.3, -0.25) is 19.2 Å². The number of allylic oxidation sites excluding steroid dienone is 3. The molecule has 107 heavy (non-hydrogen) atoms. The van der Waals surface area contributed by atoms with Gasteiger partial charge in [0.1, 0.15) is 36.3 Å². The zero-order valence-corrected chi connectivity index (χ0v) is 73.3. The molecular formula is C82H139ClO21Si3. The van der Waals surface area contributed by atoms with Gasteiger partial charge in [-0.15, -0.1) is 0 Å². The van der Waals surface area contributed by atoms with Crippen molar-refractivity contribution >= 4 is 60.2 Å². The van der Waals surface area contributed by atoms with Gasteiger partial charge in [-0.1, -0.05) is 151 Å². The van der Waals surface area contributed by atoms with E-state index in [1.54, 1.807) is 34.0 Å². The summed E-state index contributed by atoms with van der Waals surface area (Å²) in [6, 6.07) is 0. The Morgan fingerprint density at radius 1 is 0.710 bits per heavy atom. The van der Waals surface area contributed by atoms with Crippen LogP contribution in [0.4, 0.5) is 0 Å². The molecule has 25 heteroatoms. The summed E-state index contributed by atoms with van der Waals surface area (Å²) in [5, 5.41) is 38.6. The number of hydrogen-bond acceptors (Lipinski definition) is 21. The number of hydrogen-bond donors (Lipinski definition) is 3. The summed E-state index contributed by atoms with van der Waals surface area (Å²) in [5.74, 6) is -9.25. The van der Waals surface area contributed by atoms with Crippen molar-refractivity contribution in [1.29, 1.82) is 0 Å². The molecule has 6 fully saturated rings. The number of aliphatic hydroxyl groups is 3. The minimum Gasteiger partial charge on any atom is -0.462 e. The topological polar surface area (TPSA) is 258 Å². The third-order valence-electron chi connectivity index (χ3n) is 25.3. The molecule has 3 N–H and O–H groups in total. The number of halogens is 1. The highest BCUT2D eigenvalue weighted by Gasteiger charge is 2.61. The lowest BCUT2D eigenvalue weighted by atomic mass is 9.78. The van der Waals surface area contributed by atoms with Gasteiger partial charge in [-0.25, -0.2) is 0 Å². The number of ether oxygens (including phenoxy) is 11. The second-order valence-corrected chi connectivity index (χ2v) is 52.4. The lowest BCUT2D eigenvalue weighted by Crippen LogP contribution is -2.67. The zero-order valence-electron chi connectivity index (χ0n) is 69.6. The van der Waals surface area contributed by atoms with Crippen LogP contribution in [0.3, 0.4) is 0 Å². The van der Waals surface area contributed by atoms with E-state index < -0.39 is 175 Å². The van der Waals surface area contributed by atoms with Crippen LogP contribution in [0.15, 0.2) is 60.2 Å². The molecule has 7 rings (SSSR count). The van der Waals surface area contributed by atoms with Gasteiger partial charge in [0.05, 0.1) is 85.1 Å². The number of ketones is 1. The third-order valence-corrected chi connectivity index (χ3v) is 39.0. The molecule has 612 valence electrons.